The van der Waals surface area contributed by atoms with E-state index in [0.29, 0.717) is 0 Å². The molecule has 0 fully saturated rings. The van der Waals surface area contributed by atoms with Crippen molar-refractivity contribution in [2.24, 2.45) is 7.05 Å². The van der Waals surface area contributed by atoms with Crippen molar-refractivity contribution in [1.29, 1.82) is 0 Å². The number of nitrogens with zero attached hydrogens (tertiary/aromatic N) is 3. The molecule has 0 aliphatic rings. The zero-order chi connectivity index (χ0) is 15.5. The zero-order valence-corrected chi connectivity index (χ0v) is 13.5. The first kappa shape index (κ1) is 16.7. The summed E-state index contributed by atoms with van der Waals surface area (Å²) in [6.07, 6.45) is 2.20. The number of rotatable bonds is 6. The van der Waals surface area contributed by atoms with Gasteiger partial charge in [0, 0.05) is 36.8 Å². The Morgan fingerprint density at radius 2 is 2.10 bits per heavy atom. The normalized spacial score (nSPS) is 13.8. The van der Waals surface area contributed by atoms with Crippen LogP contribution in [0.2, 0.25) is 0 Å². The van der Waals surface area contributed by atoms with Gasteiger partial charge in [0.05, 0.1) is 12.1 Å². The van der Waals surface area contributed by atoms with Crippen LogP contribution >= 0.6 is 0 Å². The fourth-order valence-corrected chi connectivity index (χ4v) is 2.46. The van der Waals surface area contributed by atoms with Crippen molar-refractivity contribution in [3.8, 4) is 0 Å². The molecule has 0 bridgehead atoms. The van der Waals surface area contributed by atoms with Gasteiger partial charge >= 0.3 is 5.97 Å². The standard InChI is InChI=1S/C15H27N3O2/c1-7-18(11(2)8-13(19)20)10-12-9-17(6)16-14(12)15(3,4)5/h9,11H,7-8,10H2,1-6H3,(H,19,20). The van der Waals surface area contributed by atoms with Crippen molar-refractivity contribution in [1.82, 2.24) is 14.7 Å². The number of aliphatic carboxylic acids is 1. The van der Waals surface area contributed by atoms with Crippen LogP contribution < -0.4 is 0 Å². The highest BCUT2D eigenvalue weighted by atomic mass is 16.4. The smallest absolute Gasteiger partial charge is 0.304 e. The minimum Gasteiger partial charge on any atom is -0.481 e. The summed E-state index contributed by atoms with van der Waals surface area (Å²) >= 11 is 0. The van der Waals surface area contributed by atoms with E-state index in [-0.39, 0.29) is 17.9 Å². The van der Waals surface area contributed by atoms with Crippen LogP contribution in [-0.4, -0.2) is 38.3 Å². The fraction of sp³-hybridized carbons (Fsp3) is 0.733. The molecular weight excluding hydrogens is 254 g/mol. The lowest BCUT2D eigenvalue weighted by Gasteiger charge is -2.28. The summed E-state index contributed by atoms with van der Waals surface area (Å²) in [5.74, 6) is -0.752. The Kier molecular flexibility index (Phi) is 5.34. The predicted octanol–water partition coefficient (Wildman–Crippen LogP) is 2.40. The second kappa shape index (κ2) is 6.39. The Morgan fingerprint density at radius 1 is 1.50 bits per heavy atom. The van der Waals surface area contributed by atoms with Crippen LogP contribution in [0.3, 0.4) is 0 Å². The van der Waals surface area contributed by atoms with Gasteiger partial charge in [0.15, 0.2) is 0 Å². The van der Waals surface area contributed by atoms with E-state index in [1.807, 2.05) is 24.9 Å². The van der Waals surface area contributed by atoms with Crippen LogP contribution in [0.5, 0.6) is 0 Å². The molecule has 1 N–H and O–H groups in total. The van der Waals surface area contributed by atoms with Gasteiger partial charge in [-0.15, -0.1) is 0 Å². The monoisotopic (exact) mass is 281 g/mol. The zero-order valence-electron chi connectivity index (χ0n) is 13.5. The average Bonchev–Trinajstić information content (AvgIpc) is 2.65. The van der Waals surface area contributed by atoms with Crippen LogP contribution in [0.4, 0.5) is 0 Å². The lowest BCUT2D eigenvalue weighted by molar-refractivity contribution is -0.138. The van der Waals surface area contributed by atoms with Gasteiger partial charge in [-0.25, -0.2) is 0 Å². The van der Waals surface area contributed by atoms with Gasteiger partial charge in [-0.1, -0.05) is 27.7 Å². The number of carboxylic acids is 1. The summed E-state index contributed by atoms with van der Waals surface area (Å²) in [5, 5.41) is 13.5. The summed E-state index contributed by atoms with van der Waals surface area (Å²) in [6, 6.07) is 0.0190. The molecule has 0 spiro atoms. The molecule has 114 valence electrons. The average molecular weight is 281 g/mol. The lowest BCUT2D eigenvalue weighted by Crippen LogP contribution is -2.34. The van der Waals surface area contributed by atoms with Gasteiger partial charge in [-0.3, -0.25) is 14.4 Å². The van der Waals surface area contributed by atoms with Crippen molar-refractivity contribution in [2.45, 2.75) is 59.0 Å². The molecule has 1 aromatic rings. The molecule has 0 aliphatic carbocycles. The molecule has 0 aromatic carbocycles. The van der Waals surface area contributed by atoms with E-state index >= 15 is 0 Å². The molecule has 0 amide bonds. The molecule has 1 aromatic heterocycles. The number of carbonyl (C=O) groups is 1. The third-order valence-electron chi connectivity index (χ3n) is 3.49. The molecule has 1 rings (SSSR count). The van der Waals surface area contributed by atoms with Crippen molar-refractivity contribution >= 4 is 5.97 Å². The molecule has 20 heavy (non-hydrogen) atoms. The maximum absolute atomic E-state index is 10.9. The van der Waals surface area contributed by atoms with E-state index in [1.54, 1.807) is 0 Å². The van der Waals surface area contributed by atoms with Crippen LogP contribution in [0.15, 0.2) is 6.20 Å². The van der Waals surface area contributed by atoms with Crippen molar-refractivity contribution in [3.05, 3.63) is 17.5 Å². The maximum Gasteiger partial charge on any atom is 0.304 e. The number of hydrogen-bond donors (Lipinski definition) is 1. The van der Waals surface area contributed by atoms with Crippen molar-refractivity contribution < 1.29 is 9.90 Å². The first-order valence-corrected chi connectivity index (χ1v) is 7.14. The number of aryl methyl sites for hydroxylation is 1. The molecule has 5 nitrogen and oxygen atoms in total. The Morgan fingerprint density at radius 3 is 2.55 bits per heavy atom. The van der Waals surface area contributed by atoms with Gasteiger partial charge in [0.2, 0.25) is 0 Å². The predicted molar refractivity (Wildman–Crippen MR) is 79.7 cm³/mol. The molecule has 1 heterocycles. The van der Waals surface area contributed by atoms with Gasteiger partial charge in [0.1, 0.15) is 0 Å². The van der Waals surface area contributed by atoms with E-state index in [0.717, 1.165) is 18.8 Å². The molecule has 5 heteroatoms. The summed E-state index contributed by atoms with van der Waals surface area (Å²) in [7, 11) is 1.93. The van der Waals surface area contributed by atoms with Crippen LogP contribution in [0.1, 0.15) is 52.3 Å². The van der Waals surface area contributed by atoms with E-state index in [2.05, 4.69) is 37.7 Å². The quantitative estimate of drug-likeness (QED) is 0.870. The van der Waals surface area contributed by atoms with Gasteiger partial charge in [0.25, 0.3) is 0 Å². The Balaban J connectivity index is 2.93. The van der Waals surface area contributed by atoms with E-state index in [1.165, 1.54) is 5.56 Å². The SMILES string of the molecule is CCN(Cc1cn(C)nc1C(C)(C)C)C(C)CC(=O)O. The topological polar surface area (TPSA) is 58.4 Å². The lowest BCUT2D eigenvalue weighted by atomic mass is 9.89. The van der Waals surface area contributed by atoms with E-state index < -0.39 is 5.97 Å². The van der Waals surface area contributed by atoms with Crippen molar-refractivity contribution in [2.75, 3.05) is 6.54 Å². The number of hydrogen-bond acceptors (Lipinski definition) is 3. The summed E-state index contributed by atoms with van der Waals surface area (Å²) in [6.45, 7) is 12.0. The van der Waals surface area contributed by atoms with Gasteiger partial charge in [-0.05, 0) is 13.5 Å². The maximum atomic E-state index is 10.9. The first-order chi connectivity index (χ1) is 9.15. The molecule has 0 radical (unpaired) electrons. The molecular formula is C15H27N3O2. The second-order valence-corrected chi connectivity index (χ2v) is 6.44. The molecule has 1 atom stereocenters. The highest BCUT2D eigenvalue weighted by Crippen LogP contribution is 2.25. The first-order valence-electron chi connectivity index (χ1n) is 7.14. The van der Waals surface area contributed by atoms with E-state index in [4.69, 9.17) is 5.11 Å². The third kappa shape index (κ3) is 4.34. The Bertz CT molecular complexity index is 460. The Labute approximate surface area is 121 Å². The molecule has 0 saturated carbocycles. The summed E-state index contributed by atoms with van der Waals surface area (Å²) in [5.41, 5.74) is 2.26. The minimum absolute atomic E-state index is 0.00790. The van der Waals surface area contributed by atoms with E-state index in [9.17, 15) is 4.79 Å². The third-order valence-corrected chi connectivity index (χ3v) is 3.49. The molecule has 0 aliphatic heterocycles. The number of carboxylic acid groups (broad SMARTS) is 1. The molecule has 0 saturated heterocycles. The van der Waals surface area contributed by atoms with Crippen molar-refractivity contribution in [3.63, 3.8) is 0 Å². The second-order valence-electron chi connectivity index (χ2n) is 6.44. The van der Waals surface area contributed by atoms with Crippen LogP contribution in [0, 0.1) is 0 Å². The Hall–Kier alpha value is -1.36. The fourth-order valence-electron chi connectivity index (χ4n) is 2.46. The van der Waals surface area contributed by atoms with Crippen LogP contribution in [-0.2, 0) is 23.8 Å². The highest BCUT2D eigenvalue weighted by molar-refractivity contribution is 5.67. The summed E-state index contributed by atoms with van der Waals surface area (Å²) < 4.78 is 1.84. The highest BCUT2D eigenvalue weighted by Gasteiger charge is 2.24. The minimum atomic E-state index is -0.752. The summed E-state index contributed by atoms with van der Waals surface area (Å²) in [4.78, 5) is 13.1. The number of aromatic nitrogens is 2. The van der Waals surface area contributed by atoms with Gasteiger partial charge < -0.3 is 5.11 Å². The van der Waals surface area contributed by atoms with Crippen LogP contribution in [0.25, 0.3) is 0 Å². The van der Waals surface area contributed by atoms with Gasteiger partial charge in [-0.2, -0.15) is 5.10 Å². The molecule has 1 unspecified atom stereocenters. The largest absolute Gasteiger partial charge is 0.481 e.